The van der Waals surface area contributed by atoms with E-state index in [1.807, 2.05) is 42.5 Å². The summed E-state index contributed by atoms with van der Waals surface area (Å²) in [6.45, 7) is 5.06. The highest BCUT2D eigenvalue weighted by Gasteiger charge is 2.14. The van der Waals surface area contributed by atoms with Crippen molar-refractivity contribution >= 4 is 10.9 Å². The van der Waals surface area contributed by atoms with E-state index in [2.05, 4.69) is 37.3 Å². The van der Waals surface area contributed by atoms with E-state index in [0.717, 1.165) is 77.3 Å². The molecule has 0 unspecified atom stereocenters. The van der Waals surface area contributed by atoms with Gasteiger partial charge in [0.2, 0.25) is 0 Å². The SMILES string of the molecule is Cc1c(COCCCCCc2ccc3c(c2)OCCO3)nc2ccccc2c1OCc1ccccc1. The fraction of sp³-hybridized carbons (Fsp3) is 0.323. The molecule has 0 bridgehead atoms. The van der Waals surface area contributed by atoms with Gasteiger partial charge in [0.25, 0.3) is 0 Å². The largest absolute Gasteiger partial charge is 0.488 e. The average molecular weight is 484 g/mol. The van der Waals surface area contributed by atoms with Gasteiger partial charge in [0.15, 0.2) is 11.5 Å². The molecule has 0 saturated heterocycles. The summed E-state index contributed by atoms with van der Waals surface area (Å²) in [6.07, 6.45) is 4.29. The highest BCUT2D eigenvalue weighted by atomic mass is 16.6. The van der Waals surface area contributed by atoms with Gasteiger partial charge in [0.1, 0.15) is 25.6 Å². The molecule has 0 aliphatic carbocycles. The van der Waals surface area contributed by atoms with Gasteiger partial charge in [0, 0.05) is 17.6 Å². The van der Waals surface area contributed by atoms with Gasteiger partial charge in [-0.25, -0.2) is 4.98 Å². The van der Waals surface area contributed by atoms with Crippen LogP contribution in [0.1, 0.15) is 41.6 Å². The minimum absolute atomic E-state index is 0.487. The Labute approximate surface area is 213 Å². The number of ether oxygens (including phenoxy) is 4. The maximum absolute atomic E-state index is 6.30. The molecule has 0 N–H and O–H groups in total. The highest BCUT2D eigenvalue weighted by molar-refractivity contribution is 5.86. The van der Waals surface area contributed by atoms with Gasteiger partial charge in [0.05, 0.1) is 17.8 Å². The van der Waals surface area contributed by atoms with Crippen LogP contribution in [0.25, 0.3) is 10.9 Å². The average Bonchev–Trinajstić information content (AvgIpc) is 2.93. The van der Waals surface area contributed by atoms with Gasteiger partial charge in [-0.3, -0.25) is 0 Å². The molecule has 1 aliphatic rings. The van der Waals surface area contributed by atoms with E-state index in [1.165, 1.54) is 5.56 Å². The Morgan fingerprint density at radius 1 is 0.778 bits per heavy atom. The van der Waals surface area contributed by atoms with E-state index < -0.39 is 0 Å². The first-order valence-corrected chi connectivity index (χ1v) is 12.8. The molecule has 36 heavy (non-hydrogen) atoms. The predicted octanol–water partition coefficient (Wildman–Crippen LogP) is 6.82. The van der Waals surface area contributed by atoms with Crippen LogP contribution in [0.4, 0.5) is 0 Å². The summed E-state index contributed by atoms with van der Waals surface area (Å²) >= 11 is 0. The third-order valence-electron chi connectivity index (χ3n) is 6.50. The molecule has 0 spiro atoms. The van der Waals surface area contributed by atoms with Gasteiger partial charge in [-0.1, -0.05) is 55.0 Å². The van der Waals surface area contributed by atoms with Crippen molar-refractivity contribution in [3.63, 3.8) is 0 Å². The molecular formula is C31H33NO4. The molecule has 1 aromatic heterocycles. The quantitative estimate of drug-likeness (QED) is 0.219. The Hall–Kier alpha value is -3.57. The summed E-state index contributed by atoms with van der Waals surface area (Å²) in [5.41, 5.74) is 5.35. The second-order valence-electron chi connectivity index (χ2n) is 9.15. The van der Waals surface area contributed by atoms with Crippen molar-refractivity contribution in [2.75, 3.05) is 19.8 Å². The number of aryl methyl sites for hydroxylation is 1. The first-order chi connectivity index (χ1) is 17.8. The zero-order valence-corrected chi connectivity index (χ0v) is 20.9. The zero-order chi connectivity index (χ0) is 24.6. The normalized spacial score (nSPS) is 12.6. The molecule has 2 heterocycles. The molecular weight excluding hydrogens is 450 g/mol. The number of para-hydroxylation sites is 1. The van der Waals surface area contributed by atoms with Crippen LogP contribution < -0.4 is 14.2 Å². The molecule has 0 amide bonds. The van der Waals surface area contributed by atoms with E-state index in [-0.39, 0.29) is 0 Å². The lowest BCUT2D eigenvalue weighted by Crippen LogP contribution is -2.15. The standard InChI is InChI=1S/C31H33NO4/c1-23-28(22-33-17-9-3-6-10-24-15-16-29-30(20-24)35-19-18-34-29)32-27-14-8-7-13-26(27)31(23)36-21-25-11-4-2-5-12-25/h2,4-5,7-8,11-16,20H,3,6,9-10,17-19,21-22H2,1H3. The van der Waals surface area contributed by atoms with Crippen molar-refractivity contribution in [1.82, 2.24) is 4.98 Å². The van der Waals surface area contributed by atoms with Crippen molar-refractivity contribution in [3.8, 4) is 17.2 Å². The maximum atomic E-state index is 6.30. The lowest BCUT2D eigenvalue weighted by atomic mass is 10.1. The number of rotatable bonds is 11. The third-order valence-corrected chi connectivity index (χ3v) is 6.50. The van der Waals surface area contributed by atoms with Gasteiger partial charge in [-0.15, -0.1) is 0 Å². The van der Waals surface area contributed by atoms with Crippen LogP contribution in [0, 0.1) is 6.92 Å². The third kappa shape index (κ3) is 5.97. The molecule has 0 radical (unpaired) electrons. The van der Waals surface area contributed by atoms with Crippen LogP contribution in [0.15, 0.2) is 72.8 Å². The van der Waals surface area contributed by atoms with Crippen molar-refractivity contribution in [2.45, 2.75) is 45.8 Å². The molecule has 5 rings (SSSR count). The molecule has 0 atom stereocenters. The molecule has 186 valence electrons. The summed E-state index contributed by atoms with van der Waals surface area (Å²) < 4.78 is 23.6. The van der Waals surface area contributed by atoms with E-state index in [0.29, 0.717) is 26.4 Å². The fourth-order valence-corrected chi connectivity index (χ4v) is 4.50. The van der Waals surface area contributed by atoms with Crippen molar-refractivity contribution in [2.24, 2.45) is 0 Å². The van der Waals surface area contributed by atoms with E-state index in [1.54, 1.807) is 0 Å². The second kappa shape index (κ2) is 11.9. The molecule has 0 fully saturated rings. The van der Waals surface area contributed by atoms with Crippen LogP contribution >= 0.6 is 0 Å². The van der Waals surface area contributed by atoms with Gasteiger partial charge in [-0.2, -0.15) is 0 Å². The Balaban J connectivity index is 1.12. The fourth-order valence-electron chi connectivity index (χ4n) is 4.50. The number of aromatic nitrogens is 1. The zero-order valence-electron chi connectivity index (χ0n) is 20.9. The minimum atomic E-state index is 0.487. The number of hydrogen-bond acceptors (Lipinski definition) is 5. The van der Waals surface area contributed by atoms with E-state index in [4.69, 9.17) is 23.9 Å². The summed E-state index contributed by atoms with van der Waals surface area (Å²) in [5, 5.41) is 1.04. The topological polar surface area (TPSA) is 49.8 Å². The van der Waals surface area contributed by atoms with Crippen molar-refractivity contribution in [3.05, 3.63) is 95.2 Å². The summed E-state index contributed by atoms with van der Waals surface area (Å²) in [6, 6.07) is 24.6. The van der Waals surface area contributed by atoms with Crippen molar-refractivity contribution < 1.29 is 18.9 Å². The van der Waals surface area contributed by atoms with Crippen LogP contribution in [0.3, 0.4) is 0 Å². The molecule has 4 aromatic rings. The lowest BCUT2D eigenvalue weighted by Gasteiger charge is -2.18. The highest BCUT2D eigenvalue weighted by Crippen LogP contribution is 2.32. The van der Waals surface area contributed by atoms with Crippen LogP contribution in [-0.2, 0) is 24.4 Å². The first-order valence-electron chi connectivity index (χ1n) is 12.8. The predicted molar refractivity (Wildman–Crippen MR) is 142 cm³/mol. The Kier molecular flexibility index (Phi) is 7.99. The summed E-state index contributed by atoms with van der Waals surface area (Å²) in [5.74, 6) is 2.61. The maximum Gasteiger partial charge on any atom is 0.161 e. The molecule has 5 nitrogen and oxygen atoms in total. The number of benzene rings is 3. The summed E-state index contributed by atoms with van der Waals surface area (Å²) in [4.78, 5) is 4.87. The Morgan fingerprint density at radius 3 is 2.47 bits per heavy atom. The van der Waals surface area contributed by atoms with Gasteiger partial charge in [-0.05, 0) is 61.6 Å². The molecule has 0 saturated carbocycles. The molecule has 3 aromatic carbocycles. The number of pyridine rings is 1. The van der Waals surface area contributed by atoms with Crippen LogP contribution in [0.2, 0.25) is 0 Å². The number of nitrogens with zero attached hydrogens (tertiary/aromatic N) is 1. The first kappa shape index (κ1) is 24.1. The molecule has 5 heteroatoms. The summed E-state index contributed by atoms with van der Waals surface area (Å²) in [7, 11) is 0. The van der Waals surface area contributed by atoms with Gasteiger partial charge < -0.3 is 18.9 Å². The Morgan fingerprint density at radius 2 is 1.58 bits per heavy atom. The lowest BCUT2D eigenvalue weighted by molar-refractivity contribution is 0.114. The number of hydrogen-bond donors (Lipinski definition) is 0. The van der Waals surface area contributed by atoms with Crippen LogP contribution in [-0.4, -0.2) is 24.8 Å². The van der Waals surface area contributed by atoms with E-state index in [9.17, 15) is 0 Å². The van der Waals surface area contributed by atoms with Gasteiger partial charge >= 0.3 is 0 Å². The number of fused-ring (bicyclic) bond motifs is 2. The second-order valence-corrected chi connectivity index (χ2v) is 9.15. The van der Waals surface area contributed by atoms with Crippen molar-refractivity contribution in [1.29, 1.82) is 0 Å². The molecule has 1 aliphatic heterocycles. The van der Waals surface area contributed by atoms with Crippen LogP contribution in [0.5, 0.6) is 17.2 Å². The Bertz CT molecular complexity index is 1290. The monoisotopic (exact) mass is 483 g/mol. The minimum Gasteiger partial charge on any atom is -0.488 e. The number of unbranched alkanes of at least 4 members (excludes halogenated alkanes) is 2. The smallest absolute Gasteiger partial charge is 0.161 e. The van der Waals surface area contributed by atoms with E-state index >= 15 is 0 Å².